The quantitative estimate of drug-likeness (QED) is 0.567. The van der Waals surface area contributed by atoms with Crippen molar-refractivity contribution >= 4 is 17.1 Å². The maximum absolute atomic E-state index is 4.57. The van der Waals surface area contributed by atoms with Crippen LogP contribution >= 0.6 is 0 Å². The predicted octanol–water partition coefficient (Wildman–Crippen LogP) is 3.38. The number of hydrogen-bond donors (Lipinski definition) is 0. The summed E-state index contributed by atoms with van der Waals surface area (Å²) in [6, 6.07) is 10.0. The number of aliphatic imine (C=N–C) groups is 1. The molecule has 0 bridgehead atoms. The monoisotopic (exact) mass is 239 g/mol. The van der Waals surface area contributed by atoms with Crippen LogP contribution in [0.4, 0.5) is 5.69 Å². The van der Waals surface area contributed by atoms with Gasteiger partial charge in [0.15, 0.2) is 5.71 Å². The van der Waals surface area contributed by atoms with E-state index in [-0.39, 0.29) is 0 Å². The van der Waals surface area contributed by atoms with Gasteiger partial charge in [0, 0.05) is 12.2 Å². The highest BCUT2D eigenvalue weighted by Crippen LogP contribution is 2.12. The zero-order chi connectivity index (χ0) is 12.8. The Labute approximate surface area is 109 Å². The van der Waals surface area contributed by atoms with Gasteiger partial charge in [0.25, 0.3) is 0 Å². The highest BCUT2D eigenvalue weighted by atomic mass is 15.0. The molecule has 1 aliphatic rings. The third-order valence-electron chi connectivity index (χ3n) is 2.99. The van der Waals surface area contributed by atoms with Gasteiger partial charge < -0.3 is 0 Å². The number of allylic oxidation sites excluding steroid dienone is 4. The van der Waals surface area contributed by atoms with Crippen molar-refractivity contribution in [1.82, 2.24) is 0 Å². The van der Waals surface area contributed by atoms with Crippen LogP contribution in [0.25, 0.3) is 0 Å². The number of benzene rings is 1. The smallest absolute Gasteiger partial charge is 0.200 e. The Bertz CT molecular complexity index is 495. The Morgan fingerprint density at radius 2 is 1.50 bits per heavy atom. The molecule has 92 valence electrons. The van der Waals surface area contributed by atoms with Crippen molar-refractivity contribution in [2.24, 2.45) is 4.99 Å². The minimum atomic E-state index is 0.994. The van der Waals surface area contributed by atoms with E-state index in [0.29, 0.717) is 0 Å². The normalized spacial score (nSPS) is 13.9. The highest BCUT2D eigenvalue weighted by molar-refractivity contribution is 6.17. The van der Waals surface area contributed by atoms with Crippen LogP contribution in [0.2, 0.25) is 0 Å². The third kappa shape index (κ3) is 3.04. The molecule has 2 heteroatoms. The standard InChI is InChI=1S/C16H19N2/c1-3-18(4-2)16-12-10-15(11-13-16)17-14-8-6-5-7-9-14/h5-13H,3-4H2,1-2H3/q+1. The summed E-state index contributed by atoms with van der Waals surface area (Å²) in [5, 5.41) is 0. The fourth-order valence-electron chi connectivity index (χ4n) is 1.98. The van der Waals surface area contributed by atoms with Crippen LogP contribution in [0.5, 0.6) is 0 Å². The molecular weight excluding hydrogens is 220 g/mol. The van der Waals surface area contributed by atoms with Crippen LogP contribution in [-0.2, 0) is 0 Å². The molecule has 0 saturated carbocycles. The molecule has 1 aromatic rings. The largest absolute Gasteiger partial charge is 0.249 e. The Morgan fingerprint density at radius 3 is 2.06 bits per heavy atom. The van der Waals surface area contributed by atoms with E-state index in [1.165, 1.54) is 5.71 Å². The van der Waals surface area contributed by atoms with Gasteiger partial charge in [-0.3, -0.25) is 0 Å². The van der Waals surface area contributed by atoms with E-state index in [1.54, 1.807) is 0 Å². The van der Waals surface area contributed by atoms with E-state index in [2.05, 4.69) is 47.7 Å². The third-order valence-corrected chi connectivity index (χ3v) is 2.99. The summed E-state index contributed by atoms with van der Waals surface area (Å²) >= 11 is 0. The van der Waals surface area contributed by atoms with Crippen molar-refractivity contribution < 1.29 is 4.58 Å². The molecule has 2 nitrogen and oxygen atoms in total. The molecule has 1 aliphatic carbocycles. The van der Waals surface area contributed by atoms with E-state index in [9.17, 15) is 0 Å². The maximum Gasteiger partial charge on any atom is 0.200 e. The first-order chi connectivity index (χ1) is 8.83. The SMILES string of the molecule is CC[N+](CC)=C1C=CC(=Nc2ccccc2)C=C1. The molecule has 2 rings (SSSR count). The van der Waals surface area contributed by atoms with E-state index in [4.69, 9.17) is 0 Å². The van der Waals surface area contributed by atoms with Crippen LogP contribution < -0.4 is 0 Å². The molecule has 0 radical (unpaired) electrons. The average molecular weight is 239 g/mol. The Kier molecular flexibility index (Phi) is 4.24. The molecule has 0 atom stereocenters. The molecule has 1 aromatic carbocycles. The van der Waals surface area contributed by atoms with E-state index in [1.807, 2.05) is 30.3 Å². The van der Waals surface area contributed by atoms with Gasteiger partial charge in [0.2, 0.25) is 0 Å². The van der Waals surface area contributed by atoms with Crippen molar-refractivity contribution in [2.45, 2.75) is 13.8 Å². The lowest BCUT2D eigenvalue weighted by molar-refractivity contribution is -0.519. The minimum Gasteiger partial charge on any atom is -0.249 e. The minimum absolute atomic E-state index is 0.994. The summed E-state index contributed by atoms with van der Waals surface area (Å²) in [4.78, 5) is 4.57. The fourth-order valence-corrected chi connectivity index (χ4v) is 1.98. The molecular formula is C16H19N2+. The Balaban J connectivity index is 2.20. The molecule has 0 spiro atoms. The molecule has 0 saturated heterocycles. The predicted molar refractivity (Wildman–Crippen MR) is 78.2 cm³/mol. The van der Waals surface area contributed by atoms with Crippen LogP contribution in [-0.4, -0.2) is 29.1 Å². The van der Waals surface area contributed by atoms with E-state index < -0.39 is 0 Å². The summed E-state index contributed by atoms with van der Waals surface area (Å²) in [6.07, 6.45) is 8.41. The average Bonchev–Trinajstić information content (AvgIpc) is 2.43. The van der Waals surface area contributed by atoms with Crippen LogP contribution in [0, 0.1) is 0 Å². The number of hydrogen-bond acceptors (Lipinski definition) is 1. The summed E-state index contributed by atoms with van der Waals surface area (Å²) in [5.74, 6) is 0. The molecule has 0 heterocycles. The maximum atomic E-state index is 4.57. The number of nitrogens with zero attached hydrogens (tertiary/aromatic N) is 2. The summed E-state index contributed by atoms with van der Waals surface area (Å²) in [6.45, 7) is 6.41. The summed E-state index contributed by atoms with van der Waals surface area (Å²) in [5.41, 5.74) is 3.25. The second-order valence-electron chi connectivity index (χ2n) is 4.14. The van der Waals surface area contributed by atoms with E-state index in [0.717, 1.165) is 24.5 Å². The molecule has 0 fully saturated rings. The lowest BCUT2D eigenvalue weighted by Gasteiger charge is -2.04. The van der Waals surface area contributed by atoms with Crippen LogP contribution in [0.1, 0.15) is 13.8 Å². The first-order valence-electron chi connectivity index (χ1n) is 6.45. The summed E-state index contributed by atoms with van der Waals surface area (Å²) in [7, 11) is 0. The molecule has 0 aromatic heterocycles. The first kappa shape index (κ1) is 12.5. The molecule has 0 N–H and O–H groups in total. The van der Waals surface area contributed by atoms with Crippen LogP contribution in [0.15, 0.2) is 59.6 Å². The van der Waals surface area contributed by atoms with Gasteiger partial charge in [-0.25, -0.2) is 9.57 Å². The van der Waals surface area contributed by atoms with Gasteiger partial charge in [-0.05, 0) is 38.1 Å². The zero-order valence-corrected chi connectivity index (χ0v) is 11.0. The van der Waals surface area contributed by atoms with Gasteiger partial charge >= 0.3 is 0 Å². The van der Waals surface area contributed by atoms with Gasteiger partial charge in [0.05, 0.1) is 11.4 Å². The van der Waals surface area contributed by atoms with Gasteiger partial charge in [-0.1, -0.05) is 18.2 Å². The van der Waals surface area contributed by atoms with Crippen molar-refractivity contribution in [1.29, 1.82) is 0 Å². The number of rotatable bonds is 3. The number of para-hydroxylation sites is 1. The molecule has 0 amide bonds. The summed E-state index contributed by atoms with van der Waals surface area (Å²) < 4.78 is 2.33. The second-order valence-corrected chi connectivity index (χ2v) is 4.14. The van der Waals surface area contributed by atoms with Crippen molar-refractivity contribution in [3.05, 3.63) is 54.6 Å². The lowest BCUT2D eigenvalue weighted by atomic mass is 10.1. The zero-order valence-electron chi connectivity index (χ0n) is 11.0. The fraction of sp³-hybridized carbons (Fsp3) is 0.250. The van der Waals surface area contributed by atoms with Crippen molar-refractivity contribution in [2.75, 3.05) is 13.1 Å². The Morgan fingerprint density at radius 1 is 0.889 bits per heavy atom. The topological polar surface area (TPSA) is 15.4 Å². The first-order valence-corrected chi connectivity index (χ1v) is 6.45. The van der Waals surface area contributed by atoms with E-state index >= 15 is 0 Å². The van der Waals surface area contributed by atoms with Crippen molar-refractivity contribution in [3.63, 3.8) is 0 Å². The molecule has 18 heavy (non-hydrogen) atoms. The molecule has 0 unspecified atom stereocenters. The molecule has 0 aliphatic heterocycles. The second kappa shape index (κ2) is 6.10. The van der Waals surface area contributed by atoms with Gasteiger partial charge in [-0.15, -0.1) is 0 Å². The Hall–Kier alpha value is -1.96. The van der Waals surface area contributed by atoms with Gasteiger partial charge in [0.1, 0.15) is 13.1 Å². The van der Waals surface area contributed by atoms with Crippen LogP contribution in [0.3, 0.4) is 0 Å². The lowest BCUT2D eigenvalue weighted by Crippen LogP contribution is -2.19. The van der Waals surface area contributed by atoms with Gasteiger partial charge in [-0.2, -0.15) is 0 Å². The highest BCUT2D eigenvalue weighted by Gasteiger charge is 2.08. The van der Waals surface area contributed by atoms with Crippen molar-refractivity contribution in [3.8, 4) is 0 Å².